The Morgan fingerprint density at radius 3 is 2.37 bits per heavy atom. The average molecular weight is 497 g/mol. The van der Waals surface area contributed by atoms with Gasteiger partial charge in [0, 0.05) is 28.9 Å². The molecule has 1 unspecified atom stereocenters. The topological polar surface area (TPSA) is 57.6 Å². The van der Waals surface area contributed by atoms with Gasteiger partial charge in [-0.15, -0.1) is 37.2 Å². The number of rotatable bonds is 8. The molecule has 0 saturated carbocycles. The van der Waals surface area contributed by atoms with Gasteiger partial charge in [-0.25, -0.2) is 4.98 Å². The number of aromatic nitrogens is 1. The van der Waals surface area contributed by atoms with Crippen LogP contribution in [0.1, 0.15) is 13.8 Å². The smallest absolute Gasteiger partial charge is 0.119 e. The molecule has 0 spiro atoms. The van der Waals surface area contributed by atoms with Gasteiger partial charge in [-0.1, -0.05) is 25.4 Å². The Labute approximate surface area is 201 Å². The van der Waals surface area contributed by atoms with Gasteiger partial charge in [0.05, 0.1) is 29.9 Å². The molecule has 0 radical (unpaired) electrons. The lowest BCUT2D eigenvalue weighted by molar-refractivity contribution is 0.128. The fraction of sp³-hybridized carbons (Fsp3) is 0.381. The van der Waals surface area contributed by atoms with Crippen LogP contribution in [0.2, 0.25) is 5.02 Å². The lowest BCUT2D eigenvalue weighted by Crippen LogP contribution is -2.36. The zero-order chi connectivity index (χ0) is 19.4. The molecule has 3 rings (SSSR count). The minimum absolute atomic E-state index is 0. The van der Waals surface area contributed by atoms with E-state index in [2.05, 4.69) is 24.1 Å². The van der Waals surface area contributed by atoms with Crippen LogP contribution in [-0.2, 0) is 0 Å². The number of benzene rings is 2. The number of fused-ring (bicyclic) bond motifs is 2. The zero-order valence-electron chi connectivity index (χ0n) is 17.2. The van der Waals surface area contributed by atoms with E-state index >= 15 is 0 Å². The molecule has 1 heterocycles. The van der Waals surface area contributed by atoms with Crippen molar-refractivity contribution >= 4 is 76.3 Å². The third kappa shape index (κ3) is 6.64. The molecule has 0 aliphatic carbocycles. The van der Waals surface area contributed by atoms with Crippen LogP contribution in [0.15, 0.2) is 36.4 Å². The van der Waals surface area contributed by atoms with E-state index in [1.807, 2.05) is 36.4 Å². The minimum Gasteiger partial charge on any atom is -0.497 e. The predicted molar refractivity (Wildman–Crippen MR) is 135 cm³/mol. The Balaban J connectivity index is 0.00000280. The highest BCUT2D eigenvalue weighted by molar-refractivity contribution is 6.31. The number of nitrogens with zero attached hydrogens (tertiary/aromatic N) is 2. The van der Waals surface area contributed by atoms with Gasteiger partial charge in [-0.3, -0.25) is 0 Å². The van der Waals surface area contributed by atoms with Gasteiger partial charge >= 0.3 is 0 Å². The van der Waals surface area contributed by atoms with Gasteiger partial charge < -0.3 is 20.1 Å². The van der Waals surface area contributed by atoms with Crippen molar-refractivity contribution in [1.82, 2.24) is 9.88 Å². The number of aliphatic hydroxyl groups excluding tert-OH is 1. The number of hydrogen-bond acceptors (Lipinski definition) is 5. The number of methoxy groups -OCH3 is 1. The van der Waals surface area contributed by atoms with Crippen molar-refractivity contribution in [3.8, 4) is 5.75 Å². The van der Waals surface area contributed by atoms with Crippen molar-refractivity contribution in [2.24, 2.45) is 0 Å². The molecule has 1 aromatic heterocycles. The summed E-state index contributed by atoms with van der Waals surface area (Å²) >= 11 is 6.16. The molecule has 0 fully saturated rings. The Kier molecular flexibility index (Phi) is 12.7. The van der Waals surface area contributed by atoms with E-state index in [0.717, 1.165) is 46.3 Å². The van der Waals surface area contributed by atoms with Gasteiger partial charge in [0.15, 0.2) is 0 Å². The second kappa shape index (κ2) is 13.3. The number of hydrogen-bond donors (Lipinski definition) is 2. The summed E-state index contributed by atoms with van der Waals surface area (Å²) in [5, 5.41) is 16.5. The fourth-order valence-corrected chi connectivity index (χ4v) is 3.44. The molecule has 2 aromatic carbocycles. The standard InChI is InChI=1S/C21H26ClN3O2.3ClH/c1-4-25(5-2)13-15(26)12-23-21-17-8-6-14(22)10-20(17)24-19-9-7-16(27-3)11-18(19)21;;;/h6-11,15,26H,4-5,12-13H2,1-3H3,(H,23,24);3*1H. The monoisotopic (exact) mass is 495 g/mol. The molecule has 30 heavy (non-hydrogen) atoms. The number of pyridine rings is 1. The highest BCUT2D eigenvalue weighted by Gasteiger charge is 2.14. The normalized spacial score (nSPS) is 11.4. The van der Waals surface area contributed by atoms with E-state index in [-0.39, 0.29) is 37.2 Å². The van der Waals surface area contributed by atoms with E-state index in [4.69, 9.17) is 21.3 Å². The van der Waals surface area contributed by atoms with Crippen LogP contribution in [0.3, 0.4) is 0 Å². The molecule has 1 atom stereocenters. The van der Waals surface area contributed by atoms with Crippen molar-refractivity contribution in [1.29, 1.82) is 0 Å². The lowest BCUT2D eigenvalue weighted by atomic mass is 10.1. The number of aliphatic hydroxyl groups is 1. The minimum atomic E-state index is -0.471. The Morgan fingerprint density at radius 2 is 1.73 bits per heavy atom. The van der Waals surface area contributed by atoms with Gasteiger partial charge in [-0.2, -0.15) is 0 Å². The van der Waals surface area contributed by atoms with Gasteiger partial charge in [0.1, 0.15) is 5.75 Å². The van der Waals surface area contributed by atoms with Crippen molar-refractivity contribution in [2.75, 3.05) is 38.6 Å². The Hall–Kier alpha value is -1.21. The van der Waals surface area contributed by atoms with Crippen LogP contribution in [-0.4, -0.2) is 54.4 Å². The Bertz CT molecular complexity index is 939. The summed E-state index contributed by atoms with van der Waals surface area (Å²) in [6.07, 6.45) is -0.471. The second-order valence-corrected chi connectivity index (χ2v) is 6.99. The summed E-state index contributed by atoms with van der Waals surface area (Å²) in [5.41, 5.74) is 2.61. The summed E-state index contributed by atoms with van der Waals surface area (Å²) in [7, 11) is 1.65. The molecule has 0 aliphatic rings. The van der Waals surface area contributed by atoms with Crippen LogP contribution < -0.4 is 10.1 Å². The van der Waals surface area contributed by atoms with Gasteiger partial charge in [0.2, 0.25) is 0 Å². The van der Waals surface area contributed by atoms with Crippen LogP contribution in [0.25, 0.3) is 21.8 Å². The van der Waals surface area contributed by atoms with Gasteiger partial charge in [0.25, 0.3) is 0 Å². The average Bonchev–Trinajstić information content (AvgIpc) is 2.68. The zero-order valence-corrected chi connectivity index (χ0v) is 20.4. The number of likely N-dealkylation sites (N-methyl/N-ethyl adjacent to an activating group) is 1. The summed E-state index contributed by atoms with van der Waals surface area (Å²) in [5.74, 6) is 0.768. The maximum atomic E-state index is 10.5. The van der Waals surface area contributed by atoms with Gasteiger partial charge in [-0.05, 0) is 49.5 Å². The Morgan fingerprint density at radius 1 is 1.03 bits per heavy atom. The summed E-state index contributed by atoms with van der Waals surface area (Å²) < 4.78 is 5.38. The molecule has 0 bridgehead atoms. The van der Waals surface area contributed by atoms with E-state index in [0.29, 0.717) is 18.1 Å². The SMILES string of the molecule is CCN(CC)CC(O)CNc1c2ccc(Cl)cc2nc2ccc(OC)cc12.Cl.Cl.Cl. The number of nitrogens with one attached hydrogen (secondary N) is 1. The number of anilines is 1. The summed E-state index contributed by atoms with van der Waals surface area (Å²) in [4.78, 5) is 6.93. The third-order valence-corrected chi connectivity index (χ3v) is 5.06. The van der Waals surface area contributed by atoms with Crippen LogP contribution in [0.4, 0.5) is 5.69 Å². The maximum absolute atomic E-state index is 10.5. The molecule has 9 heteroatoms. The number of halogens is 4. The van der Waals surface area contributed by atoms with E-state index in [1.165, 1.54) is 0 Å². The third-order valence-electron chi connectivity index (χ3n) is 4.82. The van der Waals surface area contributed by atoms with Crippen molar-refractivity contribution in [3.63, 3.8) is 0 Å². The molecule has 0 aliphatic heterocycles. The molecule has 2 N–H and O–H groups in total. The molecule has 0 amide bonds. The molecule has 5 nitrogen and oxygen atoms in total. The number of ether oxygens (including phenoxy) is 1. The van der Waals surface area contributed by atoms with Crippen LogP contribution in [0.5, 0.6) is 5.75 Å². The molecule has 0 saturated heterocycles. The van der Waals surface area contributed by atoms with E-state index in [9.17, 15) is 5.11 Å². The fourth-order valence-electron chi connectivity index (χ4n) is 3.28. The van der Waals surface area contributed by atoms with Crippen molar-refractivity contribution in [2.45, 2.75) is 20.0 Å². The molecule has 3 aromatic rings. The van der Waals surface area contributed by atoms with Crippen molar-refractivity contribution in [3.05, 3.63) is 41.4 Å². The first-order valence-electron chi connectivity index (χ1n) is 9.27. The van der Waals surface area contributed by atoms with Crippen molar-refractivity contribution < 1.29 is 9.84 Å². The highest BCUT2D eigenvalue weighted by atomic mass is 35.5. The summed E-state index contributed by atoms with van der Waals surface area (Å²) in [6, 6.07) is 11.5. The van der Waals surface area contributed by atoms with Crippen LogP contribution in [0, 0.1) is 0 Å². The molecular weight excluding hydrogens is 468 g/mol. The summed E-state index contributed by atoms with van der Waals surface area (Å²) in [6.45, 7) is 7.13. The largest absolute Gasteiger partial charge is 0.497 e. The van der Waals surface area contributed by atoms with E-state index in [1.54, 1.807) is 7.11 Å². The first-order valence-corrected chi connectivity index (χ1v) is 9.64. The quantitative estimate of drug-likeness (QED) is 0.407. The second-order valence-electron chi connectivity index (χ2n) is 6.55. The van der Waals surface area contributed by atoms with Crippen LogP contribution >= 0.6 is 48.8 Å². The van der Waals surface area contributed by atoms with E-state index < -0.39 is 6.10 Å². The first-order chi connectivity index (χ1) is 13.0. The maximum Gasteiger partial charge on any atom is 0.119 e. The predicted octanol–water partition coefficient (Wildman–Crippen LogP) is 5.43. The molecular formula is C21H29Cl4N3O2. The first kappa shape index (κ1) is 28.8. The highest BCUT2D eigenvalue weighted by Crippen LogP contribution is 2.34. The lowest BCUT2D eigenvalue weighted by Gasteiger charge is -2.23. The molecule has 168 valence electrons.